The number of hydrogen-bond donors (Lipinski definition) is 12. The summed E-state index contributed by atoms with van der Waals surface area (Å²) in [6.07, 6.45) is -8.71. The molecule has 0 unspecified atom stereocenters. The van der Waals surface area contributed by atoms with E-state index in [4.69, 9.17) is 31.3 Å². The van der Waals surface area contributed by atoms with Crippen LogP contribution in [0.3, 0.4) is 0 Å². The summed E-state index contributed by atoms with van der Waals surface area (Å²) < 4.78 is 0. The van der Waals surface area contributed by atoms with Crippen LogP contribution in [-0.2, 0) is 24.8 Å². The Labute approximate surface area is 266 Å². The van der Waals surface area contributed by atoms with Crippen LogP contribution in [-0.4, -0.2) is 159 Å². The van der Waals surface area contributed by atoms with Gasteiger partial charge in [-0.25, -0.2) is 0 Å². The number of rotatable bonds is 7. The molecule has 3 aliphatic carbocycles. The quantitative estimate of drug-likeness (QED) is 0.0943. The Kier molecular flexibility index (Phi) is 12.7. The molecule has 1 fully saturated rings. The molecule has 19 heteroatoms. The number of benzene rings is 1. The van der Waals surface area contributed by atoms with Gasteiger partial charge in [0.25, 0.3) is 5.91 Å². The first-order valence-corrected chi connectivity index (χ1v) is 13.4. The Balaban J connectivity index is 0.000000678. The van der Waals surface area contributed by atoms with E-state index in [-0.39, 0.29) is 28.4 Å². The summed E-state index contributed by atoms with van der Waals surface area (Å²) >= 11 is 0. The zero-order valence-electron chi connectivity index (χ0n) is 25.2. The molecule has 1 amide bonds. The van der Waals surface area contributed by atoms with Crippen LogP contribution in [0.25, 0.3) is 5.76 Å². The van der Waals surface area contributed by atoms with Crippen molar-refractivity contribution in [3.63, 3.8) is 0 Å². The number of aliphatic hydroxyl groups excluding tert-OH is 8. The van der Waals surface area contributed by atoms with E-state index in [9.17, 15) is 49.8 Å². The van der Waals surface area contributed by atoms with E-state index in [2.05, 4.69) is 0 Å². The number of fused-ring (bicyclic) bond motifs is 3. The average molecular weight is 677 g/mol. The third-order valence-electron chi connectivity index (χ3n) is 8.46. The maximum atomic E-state index is 13.7. The highest BCUT2D eigenvalue weighted by Crippen LogP contribution is 2.57. The van der Waals surface area contributed by atoms with Crippen molar-refractivity contribution in [2.75, 3.05) is 20.7 Å². The molecule has 0 saturated heterocycles. The number of Topliss-reactive ketones (excluding diaryl/α,β-unsaturated/α-hetero) is 2. The molecule has 1 saturated carbocycles. The highest BCUT2D eigenvalue weighted by molar-refractivity contribution is 6.24. The fourth-order valence-electron chi connectivity index (χ4n) is 6.22. The summed E-state index contributed by atoms with van der Waals surface area (Å²) in [5.74, 6) is -9.67. The molecular weight excluding hydrogens is 636 g/mol. The molecule has 3 aliphatic rings. The van der Waals surface area contributed by atoms with Gasteiger partial charge in [-0.15, -0.1) is 0 Å². The standard InChI is InChI=1S/C22H24N2O9.C6H12O6.2H2O/c1-21(32)7-5-4-6-8(25)9(7)15(26)10-12(21)17(28)13-14(24(2)3)16(27)11(20(23)31)19(30)22(13,33)18(10)29;7-1-3(9)5(11)6(12)4(10)2-8;;/h4-6,12-14,17,25-26,28,30,32-33H,1-3H3,(H2,23,31);1,3-6,8-12H,2H2;2*1H2/t12-,13-,14+,17+,21-,22+;3-,4+,5+,6+;;/m10../s1. The smallest absolute Gasteiger partial charge is 0.255 e. The topological polar surface area (TPSA) is 383 Å². The Hall–Kier alpha value is -3.86. The molecule has 19 nitrogen and oxygen atoms in total. The molecule has 1 aromatic rings. The van der Waals surface area contributed by atoms with E-state index in [1.54, 1.807) is 0 Å². The second kappa shape index (κ2) is 14.5. The molecule has 47 heavy (non-hydrogen) atoms. The van der Waals surface area contributed by atoms with Gasteiger partial charge < -0.3 is 77.7 Å². The predicted octanol–water partition coefficient (Wildman–Crippen LogP) is -6.43. The Morgan fingerprint density at radius 1 is 1.04 bits per heavy atom. The summed E-state index contributed by atoms with van der Waals surface area (Å²) in [5, 5.41) is 110. The number of aliphatic hydroxyl groups is 10. The van der Waals surface area contributed by atoms with Crippen molar-refractivity contribution >= 4 is 29.5 Å². The zero-order chi connectivity index (χ0) is 34.5. The van der Waals surface area contributed by atoms with Gasteiger partial charge in [-0.2, -0.15) is 0 Å². The minimum atomic E-state index is -3.02. The van der Waals surface area contributed by atoms with Crippen LogP contribution >= 0.6 is 0 Å². The molecule has 0 heterocycles. The number of phenols is 1. The number of nitrogens with two attached hydrogens (primary N) is 1. The van der Waals surface area contributed by atoms with Crippen LogP contribution in [0, 0.1) is 11.8 Å². The number of amides is 1. The van der Waals surface area contributed by atoms with E-state index < -0.39 is 112 Å². The van der Waals surface area contributed by atoms with Crippen molar-refractivity contribution in [1.29, 1.82) is 0 Å². The third kappa shape index (κ3) is 6.26. The largest absolute Gasteiger partial charge is 0.508 e. The Morgan fingerprint density at radius 3 is 2.06 bits per heavy atom. The van der Waals surface area contributed by atoms with Crippen molar-refractivity contribution in [3.8, 4) is 5.75 Å². The molecule has 0 radical (unpaired) electrons. The zero-order valence-corrected chi connectivity index (χ0v) is 25.2. The summed E-state index contributed by atoms with van der Waals surface area (Å²) in [4.78, 5) is 49.8. The summed E-state index contributed by atoms with van der Waals surface area (Å²) in [6.45, 7) is 0.493. The van der Waals surface area contributed by atoms with E-state index >= 15 is 0 Å². The lowest BCUT2D eigenvalue weighted by Gasteiger charge is -2.55. The van der Waals surface area contributed by atoms with E-state index in [0.717, 1.165) is 0 Å². The van der Waals surface area contributed by atoms with Gasteiger partial charge in [0.2, 0.25) is 5.78 Å². The van der Waals surface area contributed by atoms with Gasteiger partial charge in [0.1, 0.15) is 47.3 Å². The first kappa shape index (κ1) is 41.2. The summed E-state index contributed by atoms with van der Waals surface area (Å²) in [7, 11) is 2.80. The molecule has 0 spiro atoms. The summed E-state index contributed by atoms with van der Waals surface area (Å²) in [6, 6.07) is 2.50. The molecule has 1 aromatic carbocycles. The van der Waals surface area contributed by atoms with Crippen LogP contribution in [0.4, 0.5) is 0 Å². The molecule has 10 atom stereocenters. The van der Waals surface area contributed by atoms with Crippen LogP contribution in [0.15, 0.2) is 35.1 Å². The van der Waals surface area contributed by atoms with E-state index in [1.807, 2.05) is 0 Å². The number of likely N-dealkylation sites (N-methyl/N-ethyl adjacent to an activating group) is 1. The van der Waals surface area contributed by atoms with E-state index in [1.165, 1.54) is 44.1 Å². The molecular formula is C28H40N2O17. The van der Waals surface area contributed by atoms with Gasteiger partial charge in [0.05, 0.1) is 47.3 Å². The SMILES string of the molecule is CN(C)[C@@H]1C(=O)C(C(N)=O)=C(O)[C@@]2(O)C(=O)C3=C(O)c4c(O)cccc4[C@@](C)(O)[C@H]3[C@H](O)[C@@H]12.O.O.O=C[C@H](O)[C@@H](O)[C@H](O)[C@H](O)CO. The number of carbonyl (C=O) groups is 4. The van der Waals surface area contributed by atoms with Crippen molar-refractivity contribution < 1.29 is 86.3 Å². The lowest BCUT2D eigenvalue weighted by atomic mass is 9.53. The van der Waals surface area contributed by atoms with E-state index in [0.29, 0.717) is 0 Å². The van der Waals surface area contributed by atoms with Crippen molar-refractivity contribution in [3.05, 3.63) is 46.2 Å². The Bertz CT molecular complexity index is 1460. The first-order valence-electron chi connectivity index (χ1n) is 13.4. The predicted molar refractivity (Wildman–Crippen MR) is 156 cm³/mol. The number of aromatic hydroxyl groups is 1. The molecule has 0 aliphatic heterocycles. The number of carbonyl (C=O) groups excluding carboxylic acids is 4. The molecule has 4 rings (SSSR count). The van der Waals surface area contributed by atoms with Gasteiger partial charge in [-0.3, -0.25) is 19.3 Å². The Morgan fingerprint density at radius 2 is 1.60 bits per heavy atom. The fraction of sp³-hybridized carbons (Fsp3) is 0.500. The normalized spacial score (nSPS) is 30.6. The van der Waals surface area contributed by atoms with Gasteiger partial charge in [-0.05, 0) is 32.6 Å². The molecule has 0 bridgehead atoms. The second-order valence-electron chi connectivity index (χ2n) is 11.4. The highest BCUT2D eigenvalue weighted by Gasteiger charge is 2.70. The number of hydrogen-bond acceptors (Lipinski definition) is 16. The molecule has 17 N–H and O–H groups in total. The fourth-order valence-corrected chi connectivity index (χ4v) is 6.22. The minimum Gasteiger partial charge on any atom is -0.508 e. The van der Waals surface area contributed by atoms with Gasteiger partial charge in [-0.1, -0.05) is 12.1 Å². The van der Waals surface area contributed by atoms with Crippen LogP contribution in [0.1, 0.15) is 18.1 Å². The number of ketones is 2. The summed E-state index contributed by atoms with van der Waals surface area (Å²) in [5.41, 5.74) is -1.78. The maximum Gasteiger partial charge on any atom is 0.255 e. The van der Waals surface area contributed by atoms with Crippen LogP contribution in [0.2, 0.25) is 0 Å². The second-order valence-corrected chi connectivity index (χ2v) is 11.4. The van der Waals surface area contributed by atoms with Gasteiger partial charge >= 0.3 is 0 Å². The maximum absolute atomic E-state index is 13.7. The van der Waals surface area contributed by atoms with Crippen molar-refractivity contribution in [2.24, 2.45) is 17.6 Å². The number of aldehydes is 1. The van der Waals surface area contributed by atoms with Crippen molar-refractivity contribution in [2.45, 2.75) is 54.7 Å². The van der Waals surface area contributed by atoms with Gasteiger partial charge in [0, 0.05) is 0 Å². The first-order chi connectivity index (χ1) is 20.7. The lowest BCUT2D eigenvalue weighted by Crippen LogP contribution is -2.71. The lowest BCUT2D eigenvalue weighted by molar-refractivity contribution is -0.181. The van der Waals surface area contributed by atoms with Gasteiger partial charge in [0.15, 0.2) is 17.7 Å². The van der Waals surface area contributed by atoms with Crippen LogP contribution in [0.5, 0.6) is 5.75 Å². The molecule has 0 aromatic heterocycles. The monoisotopic (exact) mass is 676 g/mol. The van der Waals surface area contributed by atoms with Crippen LogP contribution < -0.4 is 5.73 Å². The minimum absolute atomic E-state index is 0. The average Bonchev–Trinajstić information content (AvgIpc) is 2.97. The number of phenolic OH excluding ortho intramolecular Hbond substituents is 1. The number of primary amides is 1. The number of nitrogens with zero attached hydrogens (tertiary/aromatic N) is 1. The molecule has 264 valence electrons. The third-order valence-corrected chi connectivity index (χ3v) is 8.46. The highest BCUT2D eigenvalue weighted by atomic mass is 16.4. The van der Waals surface area contributed by atoms with Crippen molar-refractivity contribution in [1.82, 2.24) is 4.90 Å².